The summed E-state index contributed by atoms with van der Waals surface area (Å²) in [6.45, 7) is 12.9. The molecule has 1 aromatic heterocycles. The van der Waals surface area contributed by atoms with Gasteiger partial charge in [-0.25, -0.2) is 0 Å². The van der Waals surface area contributed by atoms with E-state index >= 15 is 0 Å². The molecule has 1 atom stereocenters. The third-order valence-corrected chi connectivity index (χ3v) is 4.61. The Kier molecular flexibility index (Phi) is 9.73. The number of aryl methyl sites for hydroxylation is 2. The Hall–Kier alpha value is -0.870. The van der Waals surface area contributed by atoms with Crippen molar-refractivity contribution in [3.8, 4) is 0 Å². The van der Waals surface area contributed by atoms with Crippen LogP contribution in [0.15, 0.2) is 4.99 Å². The number of guanidine groups is 1. The van der Waals surface area contributed by atoms with E-state index in [2.05, 4.69) is 39.5 Å². The van der Waals surface area contributed by atoms with Crippen LogP contribution in [0.4, 0.5) is 0 Å². The molecule has 2 heterocycles. The first kappa shape index (κ1) is 22.2. The zero-order valence-corrected chi connectivity index (χ0v) is 18.5. The van der Waals surface area contributed by atoms with E-state index in [1.165, 1.54) is 11.3 Å². The van der Waals surface area contributed by atoms with Crippen molar-refractivity contribution in [1.82, 2.24) is 25.3 Å². The number of nitrogens with one attached hydrogen (secondary N) is 2. The van der Waals surface area contributed by atoms with E-state index in [0.717, 1.165) is 57.6 Å². The Bertz CT molecular complexity index is 554. The van der Waals surface area contributed by atoms with Crippen LogP contribution < -0.4 is 10.6 Å². The average molecular weight is 464 g/mol. The Morgan fingerprint density at radius 3 is 2.52 bits per heavy atom. The average Bonchev–Trinajstić information content (AvgIpc) is 2.81. The molecule has 1 fully saturated rings. The molecule has 0 radical (unpaired) electrons. The molecule has 2 rings (SSSR count). The molecule has 0 amide bonds. The molecule has 25 heavy (non-hydrogen) atoms. The van der Waals surface area contributed by atoms with Crippen molar-refractivity contribution in [3.05, 3.63) is 17.0 Å². The zero-order chi connectivity index (χ0) is 17.5. The van der Waals surface area contributed by atoms with Crippen molar-refractivity contribution in [3.63, 3.8) is 0 Å². The fourth-order valence-electron chi connectivity index (χ4n) is 3.03. The van der Waals surface area contributed by atoms with Gasteiger partial charge in [-0.05, 0) is 19.8 Å². The van der Waals surface area contributed by atoms with Gasteiger partial charge in [0, 0.05) is 58.1 Å². The second-order valence-corrected chi connectivity index (χ2v) is 6.60. The van der Waals surface area contributed by atoms with E-state index in [9.17, 15) is 0 Å². The van der Waals surface area contributed by atoms with E-state index in [1.54, 1.807) is 0 Å². The summed E-state index contributed by atoms with van der Waals surface area (Å²) in [5.41, 5.74) is 3.50. The van der Waals surface area contributed by atoms with E-state index in [4.69, 9.17) is 4.74 Å². The summed E-state index contributed by atoms with van der Waals surface area (Å²) in [5, 5.41) is 11.3. The maximum absolute atomic E-state index is 5.40. The third kappa shape index (κ3) is 6.74. The van der Waals surface area contributed by atoms with Gasteiger partial charge < -0.3 is 15.4 Å². The topological polar surface area (TPSA) is 66.7 Å². The molecule has 0 aromatic carbocycles. The molecule has 1 aliphatic rings. The Balaban J connectivity index is 0.00000312. The van der Waals surface area contributed by atoms with Gasteiger partial charge in [0.25, 0.3) is 0 Å². The summed E-state index contributed by atoms with van der Waals surface area (Å²) in [5.74, 6) is 1.40. The Morgan fingerprint density at radius 2 is 1.96 bits per heavy atom. The lowest BCUT2D eigenvalue weighted by Crippen LogP contribution is -2.43. The molecule has 1 aromatic rings. The number of rotatable bonds is 6. The molecule has 7 nitrogen and oxygen atoms in total. The summed E-state index contributed by atoms with van der Waals surface area (Å²) < 4.78 is 7.32. The molecule has 0 bridgehead atoms. The van der Waals surface area contributed by atoms with E-state index in [-0.39, 0.29) is 24.0 Å². The lowest BCUT2D eigenvalue weighted by atomic mass is 10.1. The Morgan fingerprint density at radius 1 is 1.28 bits per heavy atom. The molecule has 0 spiro atoms. The normalized spacial score (nSPS) is 17.1. The number of halogens is 1. The van der Waals surface area contributed by atoms with Crippen LogP contribution in [0.25, 0.3) is 0 Å². The van der Waals surface area contributed by atoms with Gasteiger partial charge >= 0.3 is 0 Å². The van der Waals surface area contributed by atoms with Gasteiger partial charge in [-0.15, -0.1) is 24.0 Å². The van der Waals surface area contributed by atoms with E-state index in [1.807, 2.05) is 25.7 Å². The summed E-state index contributed by atoms with van der Waals surface area (Å²) in [7, 11) is 3.79. The molecule has 0 saturated carbocycles. The van der Waals surface area contributed by atoms with Crippen LogP contribution in [0.2, 0.25) is 0 Å². The largest absolute Gasteiger partial charge is 0.379 e. The number of hydrogen-bond donors (Lipinski definition) is 2. The van der Waals surface area contributed by atoms with E-state index in [0.29, 0.717) is 5.92 Å². The summed E-state index contributed by atoms with van der Waals surface area (Å²) >= 11 is 0. The van der Waals surface area contributed by atoms with Gasteiger partial charge in [0.15, 0.2) is 5.96 Å². The molecular formula is C17H33IN6O. The smallest absolute Gasteiger partial charge is 0.191 e. The number of morpholine rings is 1. The minimum Gasteiger partial charge on any atom is -0.379 e. The van der Waals surface area contributed by atoms with Crippen LogP contribution in [-0.4, -0.2) is 67.1 Å². The fourth-order valence-corrected chi connectivity index (χ4v) is 3.03. The molecule has 144 valence electrons. The number of ether oxygens (including phenoxy) is 1. The summed E-state index contributed by atoms with van der Waals surface area (Å²) in [6.07, 6.45) is 0. The van der Waals surface area contributed by atoms with Gasteiger partial charge in [-0.1, -0.05) is 6.92 Å². The van der Waals surface area contributed by atoms with Gasteiger partial charge in [0.2, 0.25) is 0 Å². The number of aromatic nitrogens is 2. The monoisotopic (exact) mass is 464 g/mol. The number of nitrogens with zero attached hydrogens (tertiary/aromatic N) is 4. The Labute approximate surface area is 168 Å². The van der Waals surface area contributed by atoms with Crippen molar-refractivity contribution in [1.29, 1.82) is 0 Å². The highest BCUT2D eigenvalue weighted by molar-refractivity contribution is 14.0. The van der Waals surface area contributed by atoms with Gasteiger partial charge in [-0.2, -0.15) is 5.10 Å². The van der Waals surface area contributed by atoms with Crippen LogP contribution in [0.5, 0.6) is 0 Å². The molecule has 2 N–H and O–H groups in total. The first-order valence-corrected chi connectivity index (χ1v) is 8.75. The molecule has 8 heteroatoms. The molecule has 1 aliphatic heterocycles. The third-order valence-electron chi connectivity index (χ3n) is 4.61. The summed E-state index contributed by atoms with van der Waals surface area (Å²) in [4.78, 5) is 6.79. The lowest BCUT2D eigenvalue weighted by Gasteiger charge is -2.29. The second kappa shape index (κ2) is 11.0. The minimum absolute atomic E-state index is 0. The number of aliphatic imine (C=N–C) groups is 1. The van der Waals surface area contributed by atoms with Crippen LogP contribution in [-0.2, 0) is 18.3 Å². The van der Waals surface area contributed by atoms with Crippen LogP contribution in [0.1, 0.15) is 23.9 Å². The predicted octanol–water partition coefficient (Wildman–Crippen LogP) is 1.29. The summed E-state index contributed by atoms with van der Waals surface area (Å²) in [6, 6.07) is 0. The quantitative estimate of drug-likeness (QED) is 0.378. The number of hydrogen-bond acceptors (Lipinski definition) is 4. The highest BCUT2D eigenvalue weighted by atomic mass is 127. The van der Waals surface area contributed by atoms with Gasteiger partial charge in [0.1, 0.15) is 0 Å². The standard InChI is InChI=1S/C17H32N6O.HI/c1-13(12-23-6-8-24-9-7-23)10-19-17(18-4)20-11-16-14(2)21-22(5)15(16)3;/h13H,6-12H2,1-5H3,(H2,18,19,20);1H. The maximum Gasteiger partial charge on any atom is 0.191 e. The lowest BCUT2D eigenvalue weighted by molar-refractivity contribution is 0.0320. The van der Waals surface area contributed by atoms with E-state index < -0.39 is 0 Å². The van der Waals surface area contributed by atoms with Crippen molar-refractivity contribution in [2.75, 3.05) is 46.4 Å². The molecule has 1 saturated heterocycles. The van der Waals surface area contributed by atoms with Gasteiger partial charge in [-0.3, -0.25) is 14.6 Å². The highest BCUT2D eigenvalue weighted by Gasteiger charge is 2.14. The van der Waals surface area contributed by atoms with Crippen molar-refractivity contribution in [2.45, 2.75) is 27.3 Å². The van der Waals surface area contributed by atoms with Crippen LogP contribution in [0.3, 0.4) is 0 Å². The molecule has 1 unspecified atom stereocenters. The van der Waals surface area contributed by atoms with Crippen molar-refractivity contribution in [2.24, 2.45) is 18.0 Å². The maximum atomic E-state index is 5.40. The first-order chi connectivity index (χ1) is 11.5. The van der Waals surface area contributed by atoms with Gasteiger partial charge in [0.05, 0.1) is 18.9 Å². The molecular weight excluding hydrogens is 431 g/mol. The molecule has 0 aliphatic carbocycles. The minimum atomic E-state index is 0. The highest BCUT2D eigenvalue weighted by Crippen LogP contribution is 2.11. The fraction of sp³-hybridized carbons (Fsp3) is 0.765. The van der Waals surface area contributed by atoms with Crippen molar-refractivity contribution >= 4 is 29.9 Å². The van der Waals surface area contributed by atoms with Crippen LogP contribution >= 0.6 is 24.0 Å². The first-order valence-electron chi connectivity index (χ1n) is 8.75. The zero-order valence-electron chi connectivity index (χ0n) is 16.1. The second-order valence-electron chi connectivity index (χ2n) is 6.60. The predicted molar refractivity (Wildman–Crippen MR) is 113 cm³/mol. The van der Waals surface area contributed by atoms with Crippen LogP contribution in [0, 0.1) is 19.8 Å². The van der Waals surface area contributed by atoms with Crippen molar-refractivity contribution < 1.29 is 4.74 Å². The SMILES string of the molecule is CN=C(NCc1c(C)nn(C)c1C)NCC(C)CN1CCOCC1.I.